The Bertz CT molecular complexity index is 1710. The molecule has 0 atom stereocenters. The number of alkyl halides is 1. The van der Waals surface area contributed by atoms with Crippen LogP contribution in [0.2, 0.25) is 0 Å². The quantitative estimate of drug-likeness (QED) is 0.156. The minimum atomic E-state index is -0.583. The molecule has 5 aromatic heterocycles. The van der Waals surface area contributed by atoms with Crippen LogP contribution in [-0.2, 0) is 14.3 Å². The number of aryl methyl sites for hydroxylation is 2. The van der Waals surface area contributed by atoms with Crippen molar-refractivity contribution in [1.29, 1.82) is 0 Å². The van der Waals surface area contributed by atoms with Gasteiger partial charge in [0.2, 0.25) is 23.4 Å². The van der Waals surface area contributed by atoms with Crippen LogP contribution in [0.3, 0.4) is 0 Å². The molecule has 0 saturated carbocycles. The first-order valence-corrected chi connectivity index (χ1v) is 14.6. The summed E-state index contributed by atoms with van der Waals surface area (Å²) in [5.41, 5.74) is 7.82. The van der Waals surface area contributed by atoms with E-state index in [1.165, 1.54) is 20.8 Å². The van der Waals surface area contributed by atoms with E-state index in [4.69, 9.17) is 26.8 Å². The van der Waals surface area contributed by atoms with Crippen LogP contribution < -0.4 is 5.73 Å². The number of nitrogens with two attached hydrogens (primary N) is 1. The Balaban J connectivity index is 0.000000307. The molecule has 0 saturated heterocycles. The molecule has 16 heteroatoms. The summed E-state index contributed by atoms with van der Waals surface area (Å²) in [5.74, 6) is 1.03. The number of aromatic nitrogens is 8. The second kappa shape index (κ2) is 19.7. The number of halogens is 1. The van der Waals surface area contributed by atoms with Gasteiger partial charge in [-0.3, -0.25) is 28.1 Å². The van der Waals surface area contributed by atoms with Crippen LogP contribution in [0.15, 0.2) is 55.4 Å². The number of methoxy groups -OCH3 is 2. The Hall–Kier alpha value is -4.70. The Morgan fingerprint density at radius 3 is 1.64 bits per heavy atom. The molecule has 0 aliphatic rings. The van der Waals surface area contributed by atoms with Crippen molar-refractivity contribution in [3.63, 3.8) is 0 Å². The van der Waals surface area contributed by atoms with E-state index >= 15 is 0 Å². The number of anilines is 1. The molecule has 0 bridgehead atoms. The number of carbonyl (C=O) groups is 3. The van der Waals surface area contributed by atoms with Gasteiger partial charge in [-0.15, -0.1) is 11.6 Å². The maximum atomic E-state index is 11.3. The standard InChI is InChI=1S/2C9H9N3O.C6H15NO2.C4H5N3.C3H5ClO/c1-6-8(7(2)13)11-9-10-4-3-5-12(6)9;1-6-8(7(2)13)12-5-3-4-10-9(12)11-6;1-6(8-4,9-5)7(2)3;5-4-6-2-1-3-7-4;1-3(5)2-4/h2*3-5H,1-2H3;1-5H3;1-3H,(H2,5,6,7);2H2,1H3. The molecule has 254 valence electrons. The number of nitrogens with zero attached hydrogens (tertiary/aromatic N) is 9. The Kier molecular flexibility index (Phi) is 16.9. The largest absolute Gasteiger partial charge is 0.368 e. The molecule has 0 unspecified atom stereocenters. The Morgan fingerprint density at radius 2 is 1.30 bits per heavy atom. The highest BCUT2D eigenvalue weighted by atomic mass is 35.5. The molecule has 0 aromatic carbocycles. The zero-order chi connectivity index (χ0) is 35.7. The zero-order valence-corrected chi connectivity index (χ0v) is 29.2. The Labute approximate surface area is 279 Å². The average Bonchev–Trinajstić information content (AvgIpc) is 3.58. The van der Waals surface area contributed by atoms with Crippen molar-refractivity contribution in [3.05, 3.63) is 78.2 Å². The van der Waals surface area contributed by atoms with E-state index in [9.17, 15) is 14.4 Å². The predicted octanol–water partition coefficient (Wildman–Crippen LogP) is 3.87. The molecule has 5 rings (SSSR count). The molecule has 15 nitrogen and oxygen atoms in total. The predicted molar refractivity (Wildman–Crippen MR) is 179 cm³/mol. The number of imidazole rings is 2. The molecule has 0 aliphatic carbocycles. The minimum absolute atomic E-state index is 0.0120. The fourth-order valence-corrected chi connectivity index (χ4v) is 3.52. The van der Waals surface area contributed by atoms with Crippen molar-refractivity contribution < 1.29 is 23.9 Å². The summed E-state index contributed by atoms with van der Waals surface area (Å²) in [5, 5.41) is 0. The smallest absolute Gasteiger partial charge is 0.234 e. The van der Waals surface area contributed by atoms with Gasteiger partial charge in [0, 0.05) is 72.2 Å². The fourth-order valence-electron chi connectivity index (χ4n) is 3.52. The van der Waals surface area contributed by atoms with Crippen LogP contribution in [0.4, 0.5) is 5.95 Å². The molecule has 0 spiro atoms. The molecule has 0 aliphatic heterocycles. The van der Waals surface area contributed by atoms with Crippen LogP contribution in [0.25, 0.3) is 11.6 Å². The van der Waals surface area contributed by atoms with Crippen molar-refractivity contribution in [2.24, 2.45) is 0 Å². The minimum Gasteiger partial charge on any atom is -0.368 e. The van der Waals surface area contributed by atoms with Gasteiger partial charge in [-0.1, -0.05) is 0 Å². The summed E-state index contributed by atoms with van der Waals surface area (Å²) >= 11 is 4.99. The van der Waals surface area contributed by atoms with Crippen LogP contribution in [-0.4, -0.2) is 101 Å². The third-order valence-corrected chi connectivity index (χ3v) is 6.61. The highest BCUT2D eigenvalue weighted by Crippen LogP contribution is 2.12. The summed E-state index contributed by atoms with van der Waals surface area (Å²) in [6.45, 7) is 10.0. The number of hydrogen-bond acceptors (Lipinski definition) is 13. The van der Waals surface area contributed by atoms with Gasteiger partial charge >= 0.3 is 0 Å². The van der Waals surface area contributed by atoms with Gasteiger partial charge in [-0.25, -0.2) is 29.9 Å². The highest BCUT2D eigenvalue weighted by molar-refractivity contribution is 6.27. The van der Waals surface area contributed by atoms with E-state index in [0.717, 1.165) is 11.4 Å². The molecular formula is C31H43ClN10O5. The van der Waals surface area contributed by atoms with Gasteiger partial charge in [0.25, 0.3) is 0 Å². The highest BCUT2D eigenvalue weighted by Gasteiger charge is 2.24. The van der Waals surface area contributed by atoms with E-state index in [1.54, 1.807) is 66.1 Å². The number of hydrogen-bond donors (Lipinski definition) is 1. The lowest BCUT2D eigenvalue weighted by molar-refractivity contribution is -0.270. The van der Waals surface area contributed by atoms with Gasteiger partial charge < -0.3 is 15.2 Å². The molecule has 2 N–H and O–H groups in total. The maximum Gasteiger partial charge on any atom is 0.234 e. The maximum absolute atomic E-state index is 11.3. The monoisotopic (exact) mass is 670 g/mol. The summed E-state index contributed by atoms with van der Waals surface area (Å²) in [7, 11) is 7.02. The lowest BCUT2D eigenvalue weighted by Crippen LogP contribution is -2.44. The molecule has 47 heavy (non-hydrogen) atoms. The van der Waals surface area contributed by atoms with Gasteiger partial charge in [-0.05, 0) is 53.1 Å². The first-order chi connectivity index (χ1) is 22.1. The van der Waals surface area contributed by atoms with Crippen LogP contribution in [0, 0.1) is 13.8 Å². The number of Topliss-reactive ketones (excluding diaryl/α,β-unsaturated/α-hetero) is 3. The number of ketones is 3. The summed E-state index contributed by atoms with van der Waals surface area (Å²) in [6, 6.07) is 5.31. The number of fused-ring (bicyclic) bond motifs is 2. The second-order valence-corrected chi connectivity index (χ2v) is 10.2. The van der Waals surface area contributed by atoms with Crippen molar-refractivity contribution in [2.45, 2.75) is 47.5 Å². The zero-order valence-electron chi connectivity index (χ0n) is 28.4. The van der Waals surface area contributed by atoms with Crippen molar-refractivity contribution in [3.8, 4) is 0 Å². The molecule has 5 heterocycles. The third-order valence-electron chi connectivity index (χ3n) is 6.23. The lowest BCUT2D eigenvalue weighted by Gasteiger charge is -2.32. The summed E-state index contributed by atoms with van der Waals surface area (Å²) < 4.78 is 13.6. The van der Waals surface area contributed by atoms with E-state index in [1.807, 2.05) is 52.0 Å². The number of ether oxygens (including phenoxy) is 2. The van der Waals surface area contributed by atoms with Gasteiger partial charge in [0.15, 0.2) is 11.6 Å². The van der Waals surface area contributed by atoms with Crippen molar-refractivity contribution >= 4 is 46.5 Å². The van der Waals surface area contributed by atoms with E-state index in [-0.39, 0.29) is 23.2 Å². The third kappa shape index (κ3) is 12.5. The fraction of sp³-hybridized carbons (Fsp3) is 0.387. The van der Waals surface area contributed by atoms with Gasteiger partial charge in [-0.2, -0.15) is 0 Å². The van der Waals surface area contributed by atoms with E-state index < -0.39 is 5.91 Å². The molecule has 0 amide bonds. The van der Waals surface area contributed by atoms with E-state index in [0.29, 0.717) is 28.9 Å². The topological polar surface area (TPSA) is 185 Å². The average molecular weight is 671 g/mol. The first kappa shape index (κ1) is 40.3. The normalized spacial score (nSPS) is 10.4. The van der Waals surface area contributed by atoms with Crippen LogP contribution in [0.5, 0.6) is 0 Å². The van der Waals surface area contributed by atoms with Gasteiger partial charge in [0.1, 0.15) is 17.2 Å². The van der Waals surface area contributed by atoms with Gasteiger partial charge in [0.05, 0.1) is 17.3 Å². The number of nitrogen functional groups attached to an aromatic ring is 1. The SMILES string of the molecule is CC(=O)CCl.CC(=O)c1c(C)nc2ncccn12.CC(=O)c1nc2ncccn2c1C.COC(C)(OC)N(C)C.Nc1ncccn1. The molecule has 5 aromatic rings. The number of carbonyl (C=O) groups excluding carboxylic acids is 3. The first-order valence-electron chi connectivity index (χ1n) is 14.1. The summed E-state index contributed by atoms with van der Waals surface area (Å²) in [4.78, 5) is 57.6. The molecular weight excluding hydrogens is 628 g/mol. The van der Waals surface area contributed by atoms with E-state index in [2.05, 4.69) is 29.9 Å². The molecule has 0 fully saturated rings. The number of rotatable bonds is 6. The summed E-state index contributed by atoms with van der Waals surface area (Å²) in [6.07, 6.45) is 10.2. The van der Waals surface area contributed by atoms with Crippen LogP contribution >= 0.6 is 11.6 Å². The second-order valence-electron chi connectivity index (χ2n) is 9.93. The Morgan fingerprint density at radius 1 is 0.830 bits per heavy atom. The lowest BCUT2D eigenvalue weighted by atomic mass is 10.2. The van der Waals surface area contributed by atoms with Crippen LogP contribution in [0.1, 0.15) is 60.1 Å². The molecule has 0 radical (unpaired) electrons. The van der Waals surface area contributed by atoms with Crippen molar-refractivity contribution in [1.82, 2.24) is 43.6 Å². The van der Waals surface area contributed by atoms with Crippen molar-refractivity contribution in [2.75, 3.05) is 39.9 Å².